The molecule has 1 heterocycles. The Balaban J connectivity index is 1.97. The molecule has 1 saturated carbocycles. The molecule has 1 aliphatic rings. The fourth-order valence-electron chi connectivity index (χ4n) is 1.75. The first kappa shape index (κ1) is 12.1. The van der Waals surface area contributed by atoms with Gasteiger partial charge in [0.05, 0.1) is 7.11 Å². The van der Waals surface area contributed by atoms with E-state index in [0.29, 0.717) is 11.8 Å². The molecule has 0 atom stereocenters. The lowest BCUT2D eigenvalue weighted by Gasteiger charge is -2.08. The summed E-state index contributed by atoms with van der Waals surface area (Å²) < 4.78 is 5.21. The second-order valence-electron chi connectivity index (χ2n) is 4.56. The van der Waals surface area contributed by atoms with Gasteiger partial charge in [0, 0.05) is 18.5 Å². The standard InChI is InChI=1S/C13H21N3O/c1-3-4-5-8-14-11-9-12(17-2)16-13(15-11)10-6-7-10/h9-10H,3-8H2,1-2H3,(H,14,15,16). The van der Waals surface area contributed by atoms with Crippen LogP contribution in [0.2, 0.25) is 0 Å². The number of methoxy groups -OCH3 is 1. The first-order valence-electron chi connectivity index (χ1n) is 6.50. The summed E-state index contributed by atoms with van der Waals surface area (Å²) in [4.78, 5) is 8.92. The molecule has 17 heavy (non-hydrogen) atoms. The Bertz CT molecular complexity index is 364. The zero-order chi connectivity index (χ0) is 12.1. The highest BCUT2D eigenvalue weighted by atomic mass is 16.5. The Hall–Kier alpha value is -1.32. The van der Waals surface area contributed by atoms with Crippen LogP contribution in [0.1, 0.15) is 50.8 Å². The van der Waals surface area contributed by atoms with Crippen molar-refractivity contribution in [2.24, 2.45) is 0 Å². The summed E-state index contributed by atoms with van der Waals surface area (Å²) >= 11 is 0. The SMILES string of the molecule is CCCCCNc1cc(OC)nc(C2CC2)n1. The van der Waals surface area contributed by atoms with Crippen LogP contribution in [0.5, 0.6) is 5.88 Å². The number of ether oxygens (including phenoxy) is 1. The van der Waals surface area contributed by atoms with Crippen molar-refractivity contribution >= 4 is 5.82 Å². The van der Waals surface area contributed by atoms with Crippen molar-refractivity contribution in [1.82, 2.24) is 9.97 Å². The number of unbranched alkanes of at least 4 members (excludes halogenated alkanes) is 2. The van der Waals surface area contributed by atoms with Gasteiger partial charge in [0.2, 0.25) is 5.88 Å². The van der Waals surface area contributed by atoms with Crippen molar-refractivity contribution in [1.29, 1.82) is 0 Å². The van der Waals surface area contributed by atoms with Gasteiger partial charge in [-0.1, -0.05) is 19.8 Å². The largest absolute Gasteiger partial charge is 0.481 e. The van der Waals surface area contributed by atoms with Crippen LogP contribution < -0.4 is 10.1 Å². The minimum Gasteiger partial charge on any atom is -0.481 e. The highest BCUT2D eigenvalue weighted by Crippen LogP contribution is 2.39. The van der Waals surface area contributed by atoms with E-state index in [4.69, 9.17) is 4.74 Å². The summed E-state index contributed by atoms with van der Waals surface area (Å²) in [6, 6.07) is 1.87. The van der Waals surface area contributed by atoms with Crippen molar-refractivity contribution in [2.45, 2.75) is 44.9 Å². The van der Waals surface area contributed by atoms with Crippen LogP contribution in [0.25, 0.3) is 0 Å². The summed E-state index contributed by atoms with van der Waals surface area (Å²) in [5.74, 6) is 3.05. The molecule has 0 radical (unpaired) electrons. The van der Waals surface area contributed by atoms with E-state index in [1.54, 1.807) is 7.11 Å². The Kier molecular flexibility index (Phi) is 4.18. The lowest BCUT2D eigenvalue weighted by molar-refractivity contribution is 0.395. The number of aromatic nitrogens is 2. The number of anilines is 1. The Morgan fingerprint density at radius 3 is 2.82 bits per heavy atom. The van der Waals surface area contributed by atoms with Crippen molar-refractivity contribution in [3.63, 3.8) is 0 Å². The second-order valence-corrected chi connectivity index (χ2v) is 4.56. The molecule has 0 aliphatic heterocycles. The van der Waals surface area contributed by atoms with E-state index >= 15 is 0 Å². The van der Waals surface area contributed by atoms with Gasteiger partial charge in [-0.15, -0.1) is 0 Å². The predicted molar refractivity (Wildman–Crippen MR) is 68.6 cm³/mol. The van der Waals surface area contributed by atoms with Gasteiger partial charge >= 0.3 is 0 Å². The van der Waals surface area contributed by atoms with Crippen molar-refractivity contribution in [3.05, 3.63) is 11.9 Å². The summed E-state index contributed by atoms with van der Waals surface area (Å²) in [5.41, 5.74) is 0. The van der Waals surface area contributed by atoms with Crippen LogP contribution >= 0.6 is 0 Å². The molecule has 1 fully saturated rings. The van der Waals surface area contributed by atoms with Gasteiger partial charge in [-0.05, 0) is 19.3 Å². The maximum atomic E-state index is 5.21. The molecule has 94 valence electrons. The molecule has 0 bridgehead atoms. The molecule has 4 heteroatoms. The summed E-state index contributed by atoms with van der Waals surface area (Å²) in [5, 5.41) is 3.35. The highest BCUT2D eigenvalue weighted by molar-refractivity contribution is 5.39. The number of nitrogens with zero attached hydrogens (tertiary/aromatic N) is 2. The molecular formula is C13H21N3O. The first-order valence-corrected chi connectivity index (χ1v) is 6.50. The number of hydrogen-bond acceptors (Lipinski definition) is 4. The zero-order valence-electron chi connectivity index (χ0n) is 10.7. The minimum absolute atomic E-state index is 0.557. The lowest BCUT2D eigenvalue weighted by atomic mass is 10.2. The van der Waals surface area contributed by atoms with E-state index in [9.17, 15) is 0 Å². The van der Waals surface area contributed by atoms with E-state index in [2.05, 4.69) is 22.2 Å². The molecular weight excluding hydrogens is 214 g/mol. The number of nitrogens with one attached hydrogen (secondary N) is 1. The Morgan fingerprint density at radius 1 is 1.35 bits per heavy atom. The fourth-order valence-corrected chi connectivity index (χ4v) is 1.75. The molecule has 2 rings (SSSR count). The number of rotatable bonds is 7. The molecule has 1 aromatic heterocycles. The minimum atomic E-state index is 0.557. The van der Waals surface area contributed by atoms with Gasteiger partial charge in [-0.3, -0.25) is 0 Å². The van der Waals surface area contributed by atoms with E-state index in [1.807, 2.05) is 6.07 Å². The molecule has 0 spiro atoms. The van der Waals surface area contributed by atoms with E-state index in [0.717, 1.165) is 18.2 Å². The van der Waals surface area contributed by atoms with Crippen molar-refractivity contribution in [3.8, 4) is 5.88 Å². The van der Waals surface area contributed by atoms with Crippen LogP contribution in [0.15, 0.2) is 6.07 Å². The molecule has 0 unspecified atom stereocenters. The third kappa shape index (κ3) is 3.58. The van der Waals surface area contributed by atoms with Crippen LogP contribution in [-0.2, 0) is 0 Å². The Labute approximate surface area is 103 Å². The van der Waals surface area contributed by atoms with Crippen molar-refractivity contribution in [2.75, 3.05) is 19.0 Å². The zero-order valence-corrected chi connectivity index (χ0v) is 10.7. The van der Waals surface area contributed by atoms with Gasteiger partial charge in [0.1, 0.15) is 11.6 Å². The molecule has 0 aromatic carbocycles. The topological polar surface area (TPSA) is 47.0 Å². The average molecular weight is 235 g/mol. The highest BCUT2D eigenvalue weighted by Gasteiger charge is 2.27. The second kappa shape index (κ2) is 5.84. The molecule has 0 saturated heterocycles. The molecule has 0 amide bonds. The van der Waals surface area contributed by atoms with Gasteiger partial charge in [0.25, 0.3) is 0 Å². The van der Waals surface area contributed by atoms with E-state index in [1.165, 1.54) is 32.1 Å². The van der Waals surface area contributed by atoms with Crippen LogP contribution in [-0.4, -0.2) is 23.6 Å². The number of hydrogen-bond donors (Lipinski definition) is 1. The van der Waals surface area contributed by atoms with Gasteiger partial charge in [0.15, 0.2) is 0 Å². The van der Waals surface area contributed by atoms with Gasteiger partial charge < -0.3 is 10.1 Å². The molecule has 4 nitrogen and oxygen atoms in total. The monoisotopic (exact) mass is 235 g/mol. The smallest absolute Gasteiger partial charge is 0.218 e. The summed E-state index contributed by atoms with van der Waals surface area (Å²) in [7, 11) is 1.65. The quantitative estimate of drug-likeness (QED) is 0.738. The van der Waals surface area contributed by atoms with Crippen molar-refractivity contribution < 1.29 is 4.74 Å². The van der Waals surface area contributed by atoms with E-state index in [-0.39, 0.29) is 0 Å². The molecule has 1 aliphatic carbocycles. The predicted octanol–water partition coefficient (Wildman–Crippen LogP) is 2.96. The first-order chi connectivity index (χ1) is 8.33. The van der Waals surface area contributed by atoms with Gasteiger partial charge in [-0.2, -0.15) is 4.98 Å². The maximum Gasteiger partial charge on any atom is 0.218 e. The third-order valence-corrected chi connectivity index (χ3v) is 2.96. The van der Waals surface area contributed by atoms with Gasteiger partial charge in [-0.25, -0.2) is 4.98 Å². The van der Waals surface area contributed by atoms with Crippen LogP contribution in [0.4, 0.5) is 5.82 Å². The van der Waals surface area contributed by atoms with Crippen LogP contribution in [0, 0.1) is 0 Å². The van der Waals surface area contributed by atoms with Crippen LogP contribution in [0.3, 0.4) is 0 Å². The average Bonchev–Trinajstić information content (AvgIpc) is 3.18. The fraction of sp³-hybridized carbons (Fsp3) is 0.692. The molecule has 1 aromatic rings. The summed E-state index contributed by atoms with van der Waals surface area (Å²) in [6.45, 7) is 3.18. The molecule has 1 N–H and O–H groups in total. The van der Waals surface area contributed by atoms with E-state index < -0.39 is 0 Å². The maximum absolute atomic E-state index is 5.21. The normalized spacial score (nSPS) is 14.7. The Morgan fingerprint density at radius 2 is 2.18 bits per heavy atom. The lowest BCUT2D eigenvalue weighted by Crippen LogP contribution is -2.06. The summed E-state index contributed by atoms with van der Waals surface area (Å²) in [6.07, 6.45) is 6.10. The third-order valence-electron chi connectivity index (χ3n) is 2.96.